The fraction of sp³-hybridized carbons (Fsp3) is 0.182. The summed E-state index contributed by atoms with van der Waals surface area (Å²) in [5.41, 5.74) is -1.08. The van der Waals surface area contributed by atoms with Crippen LogP contribution in [0.2, 0.25) is 0 Å². The molecule has 0 spiro atoms. The summed E-state index contributed by atoms with van der Waals surface area (Å²) in [6.07, 6.45) is -1.69. The third-order valence-electron chi connectivity index (χ3n) is 5.43. The normalized spacial score (nSPS) is 17.5. The summed E-state index contributed by atoms with van der Waals surface area (Å²) < 4.78 is 11.4. The van der Waals surface area contributed by atoms with E-state index in [0.29, 0.717) is 11.6 Å². The number of carbonyl (C=O) groups is 1. The Labute approximate surface area is 179 Å². The molecule has 1 heterocycles. The first-order valence-corrected chi connectivity index (χ1v) is 9.35. The highest BCUT2D eigenvalue weighted by atomic mass is 16.5. The van der Waals surface area contributed by atoms with Crippen LogP contribution in [0.25, 0.3) is 10.8 Å². The molecule has 2 atom stereocenters. The Kier molecular flexibility index (Phi) is 4.94. The van der Waals surface area contributed by atoms with Crippen LogP contribution in [0.1, 0.15) is 27.6 Å². The van der Waals surface area contributed by atoms with Gasteiger partial charge in [-0.25, -0.2) is 4.79 Å². The third-order valence-corrected chi connectivity index (χ3v) is 5.43. The summed E-state index contributed by atoms with van der Waals surface area (Å²) in [7, 11) is 1.38. The van der Waals surface area contributed by atoms with Crippen molar-refractivity contribution < 1.29 is 44.9 Å². The van der Waals surface area contributed by atoms with Crippen molar-refractivity contribution in [2.45, 2.75) is 18.6 Å². The van der Waals surface area contributed by atoms with E-state index in [4.69, 9.17) is 9.47 Å². The molecule has 0 saturated carbocycles. The summed E-state index contributed by atoms with van der Waals surface area (Å²) >= 11 is 0. The second-order valence-corrected chi connectivity index (χ2v) is 7.34. The van der Waals surface area contributed by atoms with Crippen molar-refractivity contribution in [1.82, 2.24) is 0 Å². The summed E-state index contributed by atoms with van der Waals surface area (Å²) in [5, 5.41) is 59.9. The molecule has 4 rings (SSSR count). The van der Waals surface area contributed by atoms with E-state index in [1.807, 2.05) is 0 Å². The van der Waals surface area contributed by atoms with E-state index in [-0.39, 0.29) is 34.6 Å². The number of carboxylic acids is 1. The van der Waals surface area contributed by atoms with Crippen LogP contribution in [-0.2, 0) is 11.2 Å². The van der Waals surface area contributed by atoms with Gasteiger partial charge in [0, 0.05) is 42.9 Å². The molecule has 3 aromatic carbocycles. The number of aromatic carboxylic acids is 1. The summed E-state index contributed by atoms with van der Waals surface area (Å²) in [6, 6.07) is 5.28. The van der Waals surface area contributed by atoms with Crippen molar-refractivity contribution in [3.05, 3.63) is 57.2 Å². The summed E-state index contributed by atoms with van der Waals surface area (Å²) in [6.45, 7) is 0. The van der Waals surface area contributed by atoms with Crippen molar-refractivity contribution in [3.63, 3.8) is 0 Å². The molecule has 1 aliphatic rings. The van der Waals surface area contributed by atoms with Crippen LogP contribution in [-0.4, -0.2) is 49.8 Å². The highest BCUT2D eigenvalue weighted by Crippen LogP contribution is 2.47. The van der Waals surface area contributed by atoms with Crippen molar-refractivity contribution in [3.8, 4) is 34.5 Å². The molecular formula is C22H18O10. The van der Waals surface area contributed by atoms with Crippen LogP contribution < -0.4 is 10.2 Å². The fourth-order valence-corrected chi connectivity index (χ4v) is 3.90. The number of phenolic OH excluding ortho intramolecular Hbond substituents is 4. The molecule has 0 bridgehead atoms. The van der Waals surface area contributed by atoms with E-state index in [1.165, 1.54) is 13.2 Å². The van der Waals surface area contributed by atoms with E-state index < -0.39 is 51.8 Å². The lowest BCUT2D eigenvalue weighted by Gasteiger charge is -2.34. The second kappa shape index (κ2) is 7.50. The molecule has 0 radical (unpaired) electrons. The van der Waals surface area contributed by atoms with Gasteiger partial charge in [0.2, 0.25) is 5.43 Å². The molecule has 166 valence electrons. The van der Waals surface area contributed by atoms with Crippen molar-refractivity contribution >= 4 is 16.7 Å². The lowest BCUT2D eigenvalue weighted by atomic mass is 9.90. The number of ether oxygens (including phenoxy) is 2. The van der Waals surface area contributed by atoms with Crippen molar-refractivity contribution in [2.24, 2.45) is 0 Å². The molecule has 10 nitrogen and oxygen atoms in total. The number of aromatic hydroxyl groups is 5. The van der Waals surface area contributed by atoms with E-state index >= 15 is 0 Å². The lowest BCUT2D eigenvalue weighted by Crippen LogP contribution is -2.32. The molecule has 0 saturated heterocycles. The highest BCUT2D eigenvalue weighted by Gasteiger charge is 2.35. The van der Waals surface area contributed by atoms with E-state index in [0.717, 1.165) is 18.2 Å². The van der Waals surface area contributed by atoms with Gasteiger partial charge in [0.15, 0.2) is 23.4 Å². The van der Waals surface area contributed by atoms with Crippen LogP contribution in [0.5, 0.6) is 34.5 Å². The van der Waals surface area contributed by atoms with Gasteiger partial charge in [-0.15, -0.1) is 0 Å². The number of hydrogen-bond acceptors (Lipinski definition) is 9. The second-order valence-electron chi connectivity index (χ2n) is 7.34. The maximum Gasteiger partial charge on any atom is 0.335 e. The van der Waals surface area contributed by atoms with Crippen LogP contribution >= 0.6 is 0 Å². The quantitative estimate of drug-likeness (QED) is 0.330. The molecule has 0 fully saturated rings. The molecule has 3 aromatic rings. The van der Waals surface area contributed by atoms with Gasteiger partial charge in [0.25, 0.3) is 0 Å². The van der Waals surface area contributed by atoms with Gasteiger partial charge in [-0.3, -0.25) is 4.79 Å². The van der Waals surface area contributed by atoms with Crippen LogP contribution in [0.15, 0.2) is 35.1 Å². The van der Waals surface area contributed by atoms with Gasteiger partial charge in [0.05, 0.1) is 10.9 Å². The molecule has 32 heavy (non-hydrogen) atoms. The van der Waals surface area contributed by atoms with Gasteiger partial charge < -0.3 is 40.1 Å². The van der Waals surface area contributed by atoms with Gasteiger partial charge >= 0.3 is 5.97 Å². The van der Waals surface area contributed by atoms with E-state index in [2.05, 4.69) is 0 Å². The lowest BCUT2D eigenvalue weighted by molar-refractivity contribution is -0.0115. The number of rotatable bonds is 3. The number of fused-ring (bicyclic) bond motifs is 2. The fourth-order valence-electron chi connectivity index (χ4n) is 3.90. The molecule has 1 aliphatic heterocycles. The number of hydrogen-bond donors (Lipinski definition) is 6. The number of phenols is 4. The van der Waals surface area contributed by atoms with Crippen LogP contribution in [0.3, 0.4) is 0 Å². The van der Waals surface area contributed by atoms with Gasteiger partial charge in [-0.1, -0.05) is 0 Å². The molecule has 0 aliphatic carbocycles. The SMILES string of the molecule is CO[C@@H]1Cc2c(O)cc(O)cc2O[C@@H]1c1cc(O)c(O)c2c(O)c(=O)cc(C(=O)O)cc12. The zero-order valence-electron chi connectivity index (χ0n) is 16.6. The Morgan fingerprint density at radius 3 is 2.38 bits per heavy atom. The van der Waals surface area contributed by atoms with Crippen LogP contribution in [0, 0.1) is 0 Å². The molecule has 0 unspecified atom stereocenters. The maximum atomic E-state index is 12.3. The van der Waals surface area contributed by atoms with Gasteiger partial charge in [-0.2, -0.15) is 0 Å². The average Bonchev–Trinajstić information content (AvgIpc) is 2.86. The summed E-state index contributed by atoms with van der Waals surface area (Å²) in [5.74, 6) is -4.27. The average molecular weight is 442 g/mol. The minimum absolute atomic E-state index is 0.0721. The Morgan fingerprint density at radius 1 is 1.00 bits per heavy atom. The molecular weight excluding hydrogens is 424 g/mol. The third kappa shape index (κ3) is 3.26. The summed E-state index contributed by atoms with van der Waals surface area (Å²) in [4.78, 5) is 23.9. The van der Waals surface area contributed by atoms with Crippen molar-refractivity contribution in [2.75, 3.05) is 7.11 Å². The smallest absolute Gasteiger partial charge is 0.335 e. The zero-order chi connectivity index (χ0) is 23.3. The largest absolute Gasteiger partial charge is 0.508 e. The molecule has 6 N–H and O–H groups in total. The highest BCUT2D eigenvalue weighted by molar-refractivity contribution is 6.00. The first-order chi connectivity index (χ1) is 15.1. The Morgan fingerprint density at radius 2 is 1.72 bits per heavy atom. The topological polar surface area (TPSA) is 174 Å². The molecule has 10 heteroatoms. The van der Waals surface area contributed by atoms with Gasteiger partial charge in [-0.05, 0) is 17.5 Å². The van der Waals surface area contributed by atoms with Crippen molar-refractivity contribution in [1.29, 1.82) is 0 Å². The number of carboxylic acid groups (broad SMARTS) is 1. The standard InChI is InChI=1S/C22H18O10/c1-31-17-7-12-13(24)4-9(23)5-16(12)32-21(17)11-6-15(26)20(28)18-10(11)2-8(22(29)30)3-14(25)19(18)27/h2-6,17,21,23-24,26,28H,7H2,1H3,(H,25,27)(H,29,30)/t17-,21-/m1/s1. The predicted molar refractivity (Wildman–Crippen MR) is 110 cm³/mol. The minimum Gasteiger partial charge on any atom is -0.508 e. The first kappa shape index (κ1) is 21.1. The number of benzene rings is 2. The van der Waals surface area contributed by atoms with Gasteiger partial charge in [0.1, 0.15) is 23.4 Å². The number of methoxy groups -OCH3 is 1. The molecule has 0 aromatic heterocycles. The first-order valence-electron chi connectivity index (χ1n) is 9.35. The Hall–Kier alpha value is -4.18. The predicted octanol–water partition coefficient (Wildman–Crippen LogP) is 2.12. The maximum absolute atomic E-state index is 12.3. The van der Waals surface area contributed by atoms with E-state index in [1.54, 1.807) is 0 Å². The monoisotopic (exact) mass is 442 g/mol. The minimum atomic E-state index is -1.45. The van der Waals surface area contributed by atoms with Crippen LogP contribution in [0.4, 0.5) is 0 Å². The Balaban J connectivity index is 2.06. The zero-order valence-corrected chi connectivity index (χ0v) is 16.6. The Bertz CT molecular complexity index is 1330. The molecule has 0 amide bonds. The van der Waals surface area contributed by atoms with E-state index in [9.17, 15) is 40.2 Å².